The van der Waals surface area contributed by atoms with Crippen LogP contribution in [-0.4, -0.2) is 31.5 Å². The van der Waals surface area contributed by atoms with E-state index in [-0.39, 0.29) is 42.7 Å². The lowest BCUT2D eigenvalue weighted by atomic mass is 10.1. The molecule has 16 heavy (non-hydrogen) atoms. The monoisotopic (exact) mass is 345 g/mol. The van der Waals surface area contributed by atoms with Crippen LogP contribution in [0.25, 0.3) is 0 Å². The molecule has 1 unspecified atom stereocenters. The lowest BCUT2D eigenvalue weighted by Gasteiger charge is -2.18. The third kappa shape index (κ3) is 4.03. The summed E-state index contributed by atoms with van der Waals surface area (Å²) in [6, 6.07) is 0. The van der Waals surface area contributed by atoms with E-state index in [2.05, 4.69) is 15.6 Å². The predicted molar refractivity (Wildman–Crippen MR) is 70.6 cm³/mol. The Morgan fingerprint density at radius 2 is 2.31 bits per heavy atom. The molecule has 3 nitrogen and oxygen atoms in total. The number of guanidine groups is 1. The molecule has 2 rings (SSSR count). The van der Waals surface area contributed by atoms with Crippen molar-refractivity contribution in [1.29, 1.82) is 0 Å². The number of nitrogens with zero attached hydrogens (tertiary/aromatic N) is 1. The first-order valence-corrected chi connectivity index (χ1v) is 5.56. The summed E-state index contributed by atoms with van der Waals surface area (Å²) < 4.78 is 25.8. The van der Waals surface area contributed by atoms with Gasteiger partial charge in [0.1, 0.15) is 0 Å². The zero-order valence-electron chi connectivity index (χ0n) is 9.14. The molecule has 0 saturated heterocycles. The van der Waals surface area contributed by atoms with Gasteiger partial charge in [-0.1, -0.05) is 0 Å². The maximum absolute atomic E-state index is 12.9. The zero-order chi connectivity index (χ0) is 10.7. The molecule has 6 heteroatoms. The van der Waals surface area contributed by atoms with Crippen LogP contribution in [0, 0.1) is 5.92 Å². The SMILES string of the molecule is FC1(F)CCC(CNC2=NCCCN2)C1.I. The summed E-state index contributed by atoms with van der Waals surface area (Å²) in [6.07, 6.45) is 1.73. The fourth-order valence-electron chi connectivity index (χ4n) is 2.11. The van der Waals surface area contributed by atoms with E-state index >= 15 is 0 Å². The molecule has 1 saturated carbocycles. The molecule has 1 heterocycles. The Bertz CT molecular complexity index is 258. The number of nitrogens with one attached hydrogen (secondary N) is 2. The van der Waals surface area contributed by atoms with Crippen LogP contribution in [0.3, 0.4) is 0 Å². The standard InChI is InChI=1S/C10H17F2N3.HI/c11-10(12)3-2-8(6-10)7-15-9-13-4-1-5-14-9;/h8H,1-7H2,(H2,13,14,15);1H. The predicted octanol–water partition coefficient (Wildman–Crippen LogP) is 1.98. The third-order valence-electron chi connectivity index (χ3n) is 2.96. The molecule has 0 spiro atoms. The smallest absolute Gasteiger partial charge is 0.248 e. The molecule has 0 amide bonds. The van der Waals surface area contributed by atoms with Crippen molar-refractivity contribution in [1.82, 2.24) is 10.6 Å². The van der Waals surface area contributed by atoms with Gasteiger partial charge in [0.05, 0.1) is 0 Å². The first kappa shape index (κ1) is 13.9. The van der Waals surface area contributed by atoms with E-state index in [4.69, 9.17) is 0 Å². The molecule has 94 valence electrons. The fourth-order valence-corrected chi connectivity index (χ4v) is 2.11. The Labute approximate surface area is 111 Å². The summed E-state index contributed by atoms with van der Waals surface area (Å²) in [5.41, 5.74) is 0. The second-order valence-electron chi connectivity index (χ2n) is 4.36. The molecule has 0 radical (unpaired) electrons. The van der Waals surface area contributed by atoms with Crippen LogP contribution in [0.5, 0.6) is 0 Å². The van der Waals surface area contributed by atoms with E-state index in [9.17, 15) is 8.78 Å². The minimum atomic E-state index is -2.44. The second-order valence-corrected chi connectivity index (χ2v) is 4.36. The molecule has 0 bridgehead atoms. The van der Waals surface area contributed by atoms with Crippen LogP contribution in [-0.2, 0) is 0 Å². The van der Waals surface area contributed by atoms with Crippen molar-refractivity contribution in [2.45, 2.75) is 31.6 Å². The summed E-state index contributed by atoms with van der Waals surface area (Å²) in [4.78, 5) is 4.23. The van der Waals surface area contributed by atoms with E-state index in [0.29, 0.717) is 13.0 Å². The van der Waals surface area contributed by atoms with Crippen molar-refractivity contribution in [3.8, 4) is 0 Å². The molecule has 2 aliphatic rings. The molecular weight excluding hydrogens is 327 g/mol. The van der Waals surface area contributed by atoms with Crippen molar-refractivity contribution in [2.75, 3.05) is 19.6 Å². The average Bonchev–Trinajstić information content (AvgIpc) is 2.57. The zero-order valence-corrected chi connectivity index (χ0v) is 11.5. The normalized spacial score (nSPS) is 27.6. The minimum absolute atomic E-state index is 0. The van der Waals surface area contributed by atoms with Crippen LogP contribution >= 0.6 is 24.0 Å². The summed E-state index contributed by atoms with van der Waals surface area (Å²) in [6.45, 7) is 2.37. The van der Waals surface area contributed by atoms with Gasteiger partial charge in [-0.25, -0.2) is 8.78 Å². The van der Waals surface area contributed by atoms with Gasteiger partial charge < -0.3 is 10.6 Å². The fraction of sp³-hybridized carbons (Fsp3) is 0.900. The molecule has 0 aromatic rings. The molecule has 0 aromatic heterocycles. The van der Waals surface area contributed by atoms with Crippen LogP contribution < -0.4 is 10.6 Å². The Morgan fingerprint density at radius 1 is 1.50 bits per heavy atom. The largest absolute Gasteiger partial charge is 0.356 e. The van der Waals surface area contributed by atoms with Crippen molar-refractivity contribution < 1.29 is 8.78 Å². The highest BCUT2D eigenvalue weighted by Gasteiger charge is 2.39. The second kappa shape index (κ2) is 5.97. The summed E-state index contributed by atoms with van der Waals surface area (Å²) in [5.74, 6) is -1.57. The summed E-state index contributed by atoms with van der Waals surface area (Å²) in [7, 11) is 0. The van der Waals surface area contributed by atoms with Crippen molar-refractivity contribution >= 4 is 29.9 Å². The first-order valence-electron chi connectivity index (χ1n) is 5.56. The number of hydrogen-bond donors (Lipinski definition) is 2. The molecule has 0 aromatic carbocycles. The van der Waals surface area contributed by atoms with Gasteiger partial charge in [-0.3, -0.25) is 4.99 Å². The van der Waals surface area contributed by atoms with E-state index < -0.39 is 5.92 Å². The van der Waals surface area contributed by atoms with Crippen LogP contribution in [0.2, 0.25) is 0 Å². The molecule has 2 N–H and O–H groups in total. The van der Waals surface area contributed by atoms with Gasteiger partial charge in [0.2, 0.25) is 5.92 Å². The van der Waals surface area contributed by atoms with Crippen LogP contribution in [0.4, 0.5) is 8.78 Å². The van der Waals surface area contributed by atoms with Crippen LogP contribution in [0.1, 0.15) is 25.7 Å². The highest BCUT2D eigenvalue weighted by Crippen LogP contribution is 2.38. The first-order chi connectivity index (χ1) is 7.16. The molecule has 1 aliphatic heterocycles. The van der Waals surface area contributed by atoms with Gasteiger partial charge in [-0.2, -0.15) is 0 Å². The number of aliphatic imine (C=N–C) groups is 1. The number of alkyl halides is 2. The number of rotatable bonds is 2. The van der Waals surface area contributed by atoms with E-state index in [1.54, 1.807) is 0 Å². The van der Waals surface area contributed by atoms with Crippen molar-refractivity contribution in [3.05, 3.63) is 0 Å². The third-order valence-corrected chi connectivity index (χ3v) is 2.96. The van der Waals surface area contributed by atoms with Gasteiger partial charge in [0, 0.05) is 32.5 Å². The quantitative estimate of drug-likeness (QED) is 0.751. The van der Waals surface area contributed by atoms with Gasteiger partial charge >= 0.3 is 0 Å². The maximum Gasteiger partial charge on any atom is 0.248 e. The van der Waals surface area contributed by atoms with Crippen LogP contribution in [0.15, 0.2) is 4.99 Å². The van der Waals surface area contributed by atoms with Gasteiger partial charge in [0.15, 0.2) is 5.96 Å². The van der Waals surface area contributed by atoms with Gasteiger partial charge in [-0.05, 0) is 18.8 Å². The summed E-state index contributed by atoms with van der Waals surface area (Å²) in [5, 5.41) is 6.22. The lowest BCUT2D eigenvalue weighted by molar-refractivity contribution is 0.00523. The molecule has 1 aliphatic carbocycles. The minimum Gasteiger partial charge on any atom is -0.356 e. The molecule has 1 atom stereocenters. The Kier molecular flexibility index (Phi) is 5.20. The van der Waals surface area contributed by atoms with E-state index in [0.717, 1.165) is 25.5 Å². The average molecular weight is 345 g/mol. The van der Waals surface area contributed by atoms with Crippen molar-refractivity contribution in [2.24, 2.45) is 10.9 Å². The Balaban J connectivity index is 0.00000128. The Morgan fingerprint density at radius 3 is 2.88 bits per heavy atom. The molecular formula is C10H18F2IN3. The Hall–Kier alpha value is -0.140. The van der Waals surface area contributed by atoms with Crippen molar-refractivity contribution in [3.63, 3.8) is 0 Å². The van der Waals surface area contributed by atoms with Gasteiger partial charge in [0.25, 0.3) is 0 Å². The van der Waals surface area contributed by atoms with E-state index in [1.165, 1.54) is 0 Å². The highest BCUT2D eigenvalue weighted by molar-refractivity contribution is 14.0. The maximum atomic E-state index is 12.9. The van der Waals surface area contributed by atoms with E-state index in [1.807, 2.05) is 0 Å². The topological polar surface area (TPSA) is 36.4 Å². The highest BCUT2D eigenvalue weighted by atomic mass is 127. The number of hydrogen-bond acceptors (Lipinski definition) is 3. The number of halogens is 3. The van der Waals surface area contributed by atoms with Gasteiger partial charge in [-0.15, -0.1) is 24.0 Å². The summed E-state index contributed by atoms with van der Waals surface area (Å²) >= 11 is 0. The lowest BCUT2D eigenvalue weighted by Crippen LogP contribution is -2.42. The molecule has 1 fully saturated rings.